The van der Waals surface area contributed by atoms with Gasteiger partial charge in [-0.25, -0.2) is 0 Å². The lowest BCUT2D eigenvalue weighted by molar-refractivity contribution is -0.398. The highest BCUT2D eigenvalue weighted by Gasteiger charge is 2.63. The van der Waals surface area contributed by atoms with Gasteiger partial charge in [0.1, 0.15) is 11.8 Å². The summed E-state index contributed by atoms with van der Waals surface area (Å²) in [6, 6.07) is -0.616. The third-order valence-corrected chi connectivity index (χ3v) is 15.5. The molecule has 0 saturated carbocycles. The van der Waals surface area contributed by atoms with Gasteiger partial charge in [-0.05, 0) is 95.0 Å². The second kappa shape index (κ2) is 18.7. The zero-order valence-electron chi connectivity index (χ0n) is 39.1. The molecule has 4 fully saturated rings. The van der Waals surface area contributed by atoms with E-state index in [2.05, 4.69) is 26.1 Å². The Labute approximate surface area is 360 Å². The molecule has 2 spiro atoms. The molecule has 4 N–H and O–H groups in total. The van der Waals surface area contributed by atoms with Crippen LogP contribution in [0.2, 0.25) is 0 Å². The number of ketones is 1. The molecule has 5 rings (SSSR count). The van der Waals surface area contributed by atoms with Crippen molar-refractivity contribution in [2.45, 2.75) is 226 Å². The number of carboxylic acids is 1. The Hall–Kier alpha value is -1.93. The van der Waals surface area contributed by atoms with Gasteiger partial charge in [0.25, 0.3) is 0 Å². The Morgan fingerprint density at radius 1 is 0.883 bits per heavy atom. The summed E-state index contributed by atoms with van der Waals surface area (Å²) in [6.45, 7) is 25.8. The fourth-order valence-corrected chi connectivity index (χ4v) is 11.4. The van der Waals surface area contributed by atoms with Crippen molar-refractivity contribution < 1.29 is 53.4 Å². The van der Waals surface area contributed by atoms with Crippen LogP contribution >= 0.6 is 0 Å². The molecule has 1 unspecified atom stereocenters. The minimum absolute atomic E-state index is 0.00731. The van der Waals surface area contributed by atoms with E-state index in [1.807, 2.05) is 74.5 Å². The first-order valence-corrected chi connectivity index (χ1v) is 23.4. The lowest BCUT2D eigenvalue weighted by atomic mass is 9.72. The van der Waals surface area contributed by atoms with Gasteiger partial charge in [0.05, 0.1) is 53.7 Å². The Morgan fingerprint density at radius 3 is 2.13 bits per heavy atom. The van der Waals surface area contributed by atoms with Crippen LogP contribution in [-0.2, 0) is 38.1 Å². The molecule has 0 aromatic carbocycles. The average molecular weight is 848 g/mol. The van der Waals surface area contributed by atoms with Crippen LogP contribution in [0.4, 0.5) is 0 Å². The predicted octanol–water partition coefficient (Wildman–Crippen LogP) is 7.75. The first-order valence-electron chi connectivity index (χ1n) is 23.4. The van der Waals surface area contributed by atoms with Gasteiger partial charge in [-0.2, -0.15) is 0 Å². The molecule has 0 bridgehead atoms. The van der Waals surface area contributed by atoms with Crippen LogP contribution in [0.1, 0.15) is 161 Å². The molecule has 5 aliphatic heterocycles. The molecule has 12 nitrogen and oxygen atoms in total. The average Bonchev–Trinajstić information content (AvgIpc) is 3.52. The number of hydrogen-bond acceptors (Lipinski definition) is 10. The van der Waals surface area contributed by atoms with E-state index in [1.54, 1.807) is 6.92 Å². The van der Waals surface area contributed by atoms with Crippen molar-refractivity contribution in [1.82, 2.24) is 5.32 Å². The van der Waals surface area contributed by atoms with Crippen LogP contribution in [0.15, 0.2) is 12.2 Å². The summed E-state index contributed by atoms with van der Waals surface area (Å²) in [4.78, 5) is 40.2. The first kappa shape index (κ1) is 49.1. The number of hydrogen-bond donors (Lipinski definition) is 4. The number of carboxylic acid groups (broad SMARTS) is 1. The largest absolute Gasteiger partial charge is 0.481 e. The van der Waals surface area contributed by atoms with Crippen molar-refractivity contribution in [2.75, 3.05) is 0 Å². The topological polar surface area (TPSA) is 170 Å². The number of aliphatic hydroxyl groups is 2. The predicted molar refractivity (Wildman–Crippen MR) is 229 cm³/mol. The number of rotatable bonds is 14. The smallest absolute Gasteiger partial charge is 0.309 e. The number of nitrogens with one attached hydrogen (secondary N) is 1. The van der Waals surface area contributed by atoms with Gasteiger partial charge in [0.15, 0.2) is 11.6 Å². The van der Waals surface area contributed by atoms with Crippen molar-refractivity contribution in [3.63, 3.8) is 0 Å². The van der Waals surface area contributed by atoms with Crippen LogP contribution < -0.4 is 5.32 Å². The summed E-state index contributed by atoms with van der Waals surface area (Å²) in [5.74, 6) is -5.96. The number of aliphatic carboxylic acids is 1. The number of carbonyl (C=O) groups excluding carboxylic acids is 2. The van der Waals surface area contributed by atoms with E-state index in [-0.39, 0.29) is 53.2 Å². The van der Waals surface area contributed by atoms with Gasteiger partial charge in [-0.1, -0.05) is 82.2 Å². The van der Waals surface area contributed by atoms with Crippen LogP contribution in [0.25, 0.3) is 0 Å². The number of ether oxygens (including phenoxy) is 5. The summed E-state index contributed by atoms with van der Waals surface area (Å²) in [5.41, 5.74) is -1.91. The Bertz CT molecular complexity index is 1550. The van der Waals surface area contributed by atoms with Gasteiger partial charge >= 0.3 is 5.97 Å². The van der Waals surface area contributed by atoms with Crippen molar-refractivity contribution in [3.05, 3.63) is 12.2 Å². The Kier molecular flexibility index (Phi) is 15.3. The van der Waals surface area contributed by atoms with E-state index in [0.717, 1.165) is 6.42 Å². The minimum atomic E-state index is -1.29. The van der Waals surface area contributed by atoms with Crippen LogP contribution in [0, 0.1) is 46.8 Å². The van der Waals surface area contributed by atoms with E-state index in [9.17, 15) is 29.7 Å². The van der Waals surface area contributed by atoms with Crippen molar-refractivity contribution in [1.29, 1.82) is 0 Å². The molecule has 344 valence electrons. The maximum Gasteiger partial charge on any atom is 0.309 e. The van der Waals surface area contributed by atoms with Crippen molar-refractivity contribution >= 4 is 17.7 Å². The number of carbonyl (C=O) groups is 3. The highest BCUT2D eigenvalue weighted by atomic mass is 16.8. The SMILES string of the molecule is CC[C@@H](C(=O)[C@@H](C)[C@@H](O)[C@H](C)[C@@H]1O[C@@H]([C@@H](CC)C(=O)O)CC[C@@H]1C)[C@H]1O[C@]2(C=CC(NC(=O)CC(C)(C)C)[C@]3(CC[C@@](C)([C@H]4CC[C@](O)(CC)[C@H](C)O4)O3)O2)[C@H](C)C[C@@H]1C. The molecule has 18 atom stereocenters. The normalized spacial score (nSPS) is 42.4. The highest BCUT2D eigenvalue weighted by molar-refractivity contribution is 5.84. The number of Topliss-reactive ketones (excluding diaryl/α,β-unsaturated/α-hetero) is 1. The third-order valence-electron chi connectivity index (χ3n) is 15.5. The molecule has 4 saturated heterocycles. The molecule has 1 amide bonds. The van der Waals surface area contributed by atoms with Gasteiger partial charge in [0, 0.05) is 36.5 Å². The molecular weight excluding hydrogens is 767 g/mol. The Morgan fingerprint density at radius 2 is 1.55 bits per heavy atom. The van der Waals surface area contributed by atoms with E-state index in [1.165, 1.54) is 0 Å². The molecule has 0 radical (unpaired) electrons. The molecule has 60 heavy (non-hydrogen) atoms. The lowest BCUT2D eigenvalue weighted by Gasteiger charge is -2.55. The van der Waals surface area contributed by atoms with Crippen molar-refractivity contribution in [3.8, 4) is 0 Å². The van der Waals surface area contributed by atoms with E-state index >= 15 is 0 Å². The monoisotopic (exact) mass is 848 g/mol. The lowest BCUT2D eigenvalue weighted by Crippen LogP contribution is -2.65. The number of amides is 1. The molecule has 0 aromatic rings. The van der Waals surface area contributed by atoms with Crippen molar-refractivity contribution in [2.24, 2.45) is 46.8 Å². The first-order chi connectivity index (χ1) is 27.9. The summed E-state index contributed by atoms with van der Waals surface area (Å²) < 4.78 is 34.6. The fourth-order valence-electron chi connectivity index (χ4n) is 11.4. The molecule has 0 aromatic heterocycles. The molecule has 5 heterocycles. The van der Waals surface area contributed by atoms with Gasteiger partial charge in [-0.15, -0.1) is 0 Å². The van der Waals surface area contributed by atoms with Gasteiger partial charge in [0.2, 0.25) is 5.91 Å². The summed E-state index contributed by atoms with van der Waals surface area (Å²) >= 11 is 0. The van der Waals surface area contributed by atoms with Crippen LogP contribution in [-0.4, -0.2) is 98.4 Å². The summed E-state index contributed by atoms with van der Waals surface area (Å²) in [7, 11) is 0. The standard InChI is InChI=1S/C48H81NO11/c1-14-33(43(53)54)35-18-17-27(4)41(57-35)31(8)39(51)30(7)40(52)34(15-2)42-28(5)25-29(6)47(58-42)22-19-36(49-38(50)26-44(10,11)12)48(60-47)24-23-45(13,59-48)37-20-21-46(55,16-3)32(9)56-37/h19,22,27-37,39,41-42,51,55H,14-18,20-21,23-26H2,1-13H3,(H,49,50)(H,53,54)/t27-,28-,29+,30-,31-,32-,33+,34-,35+,36?,37+,39+,41+,42-,45-,46+,47-,48-/m0/s1. The zero-order valence-corrected chi connectivity index (χ0v) is 39.1. The quantitative estimate of drug-likeness (QED) is 0.126. The van der Waals surface area contributed by atoms with E-state index < -0.39 is 76.8 Å². The third kappa shape index (κ3) is 9.90. The van der Waals surface area contributed by atoms with Gasteiger partial charge in [-0.3, -0.25) is 14.4 Å². The summed E-state index contributed by atoms with van der Waals surface area (Å²) in [6.07, 6.45) is 7.11. The maximum atomic E-state index is 14.7. The maximum absolute atomic E-state index is 14.7. The molecule has 12 heteroatoms. The molecular formula is C48H81NO11. The highest BCUT2D eigenvalue weighted by Crippen LogP contribution is 2.54. The van der Waals surface area contributed by atoms with Gasteiger partial charge < -0.3 is 44.3 Å². The van der Waals surface area contributed by atoms with E-state index in [4.69, 9.17) is 23.7 Å². The summed E-state index contributed by atoms with van der Waals surface area (Å²) in [5, 5.41) is 36.2. The minimum Gasteiger partial charge on any atom is -0.481 e. The van der Waals surface area contributed by atoms with E-state index in [0.29, 0.717) is 64.2 Å². The number of aliphatic hydroxyl groups excluding tert-OH is 1. The van der Waals surface area contributed by atoms with Crippen LogP contribution in [0.3, 0.4) is 0 Å². The molecule has 0 aliphatic carbocycles. The zero-order chi connectivity index (χ0) is 44.7. The fraction of sp³-hybridized carbons (Fsp3) is 0.896. The Balaban J connectivity index is 1.40. The second-order valence-corrected chi connectivity index (χ2v) is 21.3. The second-order valence-electron chi connectivity index (χ2n) is 21.3. The van der Waals surface area contributed by atoms with Crippen LogP contribution in [0.5, 0.6) is 0 Å². The molecule has 5 aliphatic rings.